The van der Waals surface area contributed by atoms with Gasteiger partial charge in [-0.15, -0.1) is 0 Å². The van der Waals surface area contributed by atoms with Crippen LogP contribution in [0.15, 0.2) is 43.0 Å². The first-order valence-corrected chi connectivity index (χ1v) is 12.7. The van der Waals surface area contributed by atoms with E-state index in [0.717, 1.165) is 16.5 Å². The number of hydrogen-bond acceptors (Lipinski definition) is 7. The summed E-state index contributed by atoms with van der Waals surface area (Å²) in [6, 6.07) is 2.72. The van der Waals surface area contributed by atoms with Crippen LogP contribution >= 0.6 is 0 Å². The summed E-state index contributed by atoms with van der Waals surface area (Å²) >= 11 is 0. The Balaban J connectivity index is 1.73. The van der Waals surface area contributed by atoms with Crippen molar-refractivity contribution in [1.82, 2.24) is 30.9 Å². The van der Waals surface area contributed by atoms with Gasteiger partial charge >= 0.3 is 5.97 Å². The molecule has 1 aromatic carbocycles. The Bertz CT molecular complexity index is 1350. The van der Waals surface area contributed by atoms with Crippen LogP contribution in [0.2, 0.25) is 0 Å². The number of aromatic nitrogens is 3. The van der Waals surface area contributed by atoms with Gasteiger partial charge in [-0.1, -0.05) is 32.0 Å². The third kappa shape index (κ3) is 7.89. The van der Waals surface area contributed by atoms with E-state index in [2.05, 4.69) is 30.9 Å². The van der Waals surface area contributed by atoms with Crippen LogP contribution < -0.4 is 27.4 Å². The molecule has 0 radical (unpaired) electrons. The van der Waals surface area contributed by atoms with Gasteiger partial charge in [0.25, 0.3) is 0 Å². The van der Waals surface area contributed by atoms with E-state index < -0.39 is 66.1 Å². The Hall–Kier alpha value is -4.72. The summed E-state index contributed by atoms with van der Waals surface area (Å²) in [5.41, 5.74) is 13.6. The number of carboxylic acid groups (broad SMARTS) is 1. The minimum absolute atomic E-state index is 0.0171. The number of nitrogens with one attached hydrogen (secondary N) is 5. The summed E-state index contributed by atoms with van der Waals surface area (Å²) in [4.78, 5) is 72.0. The predicted octanol–water partition coefficient (Wildman–Crippen LogP) is -0.926. The lowest BCUT2D eigenvalue weighted by molar-refractivity contribution is -0.144. The molecule has 4 atom stereocenters. The first-order chi connectivity index (χ1) is 19.0. The standard InChI is InChI=1S/C26H34N8O6/c1-13(2)22(25(38)33-20(26(39)40)9-21(28)35)34-24(37)19(8-15-11-29-12-31-15)32-23(36)17(27)7-14-10-30-18-6-4-3-5-16(14)18/h3-6,10-13,17,19-20,22,30H,7-9,27H2,1-2H3,(H2,28,35)(H,29,31)(H,32,36)(H,33,38)(H,34,37)(H,39,40). The van der Waals surface area contributed by atoms with Crippen molar-refractivity contribution in [3.63, 3.8) is 0 Å². The number of nitrogens with two attached hydrogens (primary N) is 2. The minimum Gasteiger partial charge on any atom is -0.480 e. The van der Waals surface area contributed by atoms with E-state index in [-0.39, 0.29) is 12.8 Å². The van der Waals surface area contributed by atoms with Crippen LogP contribution in [0.3, 0.4) is 0 Å². The van der Waals surface area contributed by atoms with Crippen LogP contribution in [0.25, 0.3) is 10.9 Å². The second-order valence-electron chi connectivity index (χ2n) is 9.81. The average Bonchev–Trinajstić information content (AvgIpc) is 3.55. The summed E-state index contributed by atoms with van der Waals surface area (Å²) in [7, 11) is 0. The molecule has 0 bridgehead atoms. The Morgan fingerprint density at radius 2 is 1.65 bits per heavy atom. The monoisotopic (exact) mass is 554 g/mol. The third-order valence-electron chi connectivity index (χ3n) is 6.33. The molecule has 214 valence electrons. The van der Waals surface area contributed by atoms with E-state index in [4.69, 9.17) is 11.5 Å². The number of nitrogens with zero attached hydrogens (tertiary/aromatic N) is 1. The lowest BCUT2D eigenvalue weighted by atomic mass is 10.0. The Kier molecular flexibility index (Phi) is 9.97. The molecule has 0 aliphatic carbocycles. The first kappa shape index (κ1) is 29.8. The van der Waals surface area contributed by atoms with Gasteiger partial charge in [0, 0.05) is 35.4 Å². The normalized spacial score (nSPS) is 14.2. The van der Waals surface area contributed by atoms with E-state index in [9.17, 15) is 29.1 Å². The molecule has 3 rings (SSSR count). The number of carboxylic acids is 1. The molecule has 0 spiro atoms. The summed E-state index contributed by atoms with van der Waals surface area (Å²) in [6.07, 6.45) is 4.30. The van der Waals surface area contributed by atoms with Crippen molar-refractivity contribution in [2.45, 2.75) is 57.3 Å². The molecule has 0 fully saturated rings. The molecule has 0 aliphatic heterocycles. The maximum absolute atomic E-state index is 13.4. The minimum atomic E-state index is -1.56. The first-order valence-electron chi connectivity index (χ1n) is 12.7. The number of aliphatic carboxylic acids is 1. The quantitative estimate of drug-likeness (QED) is 0.124. The number of H-pyrrole nitrogens is 2. The van der Waals surface area contributed by atoms with Crippen molar-refractivity contribution in [3.8, 4) is 0 Å². The lowest BCUT2D eigenvalue weighted by Gasteiger charge is -2.27. The number of para-hydroxylation sites is 1. The third-order valence-corrected chi connectivity index (χ3v) is 6.33. The summed E-state index contributed by atoms with van der Waals surface area (Å²) in [5, 5.41) is 17.7. The highest BCUT2D eigenvalue weighted by atomic mass is 16.4. The summed E-state index contributed by atoms with van der Waals surface area (Å²) in [5.74, 6) is -4.93. The molecule has 0 aliphatic rings. The van der Waals surface area contributed by atoms with E-state index in [1.165, 1.54) is 12.5 Å². The number of imidazole rings is 1. The molecule has 10 N–H and O–H groups in total. The van der Waals surface area contributed by atoms with Crippen LogP contribution in [0, 0.1) is 5.92 Å². The number of primary amides is 1. The summed E-state index contributed by atoms with van der Waals surface area (Å²) in [6.45, 7) is 3.29. The molecular formula is C26H34N8O6. The smallest absolute Gasteiger partial charge is 0.326 e. The number of rotatable bonds is 14. The van der Waals surface area contributed by atoms with Crippen LogP contribution in [0.1, 0.15) is 31.5 Å². The van der Waals surface area contributed by atoms with Crippen molar-refractivity contribution in [2.75, 3.05) is 0 Å². The SMILES string of the molecule is CC(C)C(NC(=O)C(Cc1cnc[nH]1)NC(=O)C(N)Cc1c[nH]c2ccccc12)C(=O)NC(CC(N)=O)C(=O)O. The van der Waals surface area contributed by atoms with Gasteiger partial charge in [-0.2, -0.15) is 0 Å². The fourth-order valence-electron chi connectivity index (χ4n) is 4.19. The van der Waals surface area contributed by atoms with Crippen molar-refractivity contribution >= 4 is 40.5 Å². The van der Waals surface area contributed by atoms with E-state index in [0.29, 0.717) is 5.69 Å². The van der Waals surface area contributed by atoms with Crippen LogP contribution in [-0.4, -0.2) is 73.8 Å². The highest BCUT2D eigenvalue weighted by molar-refractivity contribution is 5.95. The number of carbonyl (C=O) groups is 5. The van der Waals surface area contributed by atoms with Crippen molar-refractivity contribution in [2.24, 2.45) is 17.4 Å². The molecule has 2 heterocycles. The van der Waals surface area contributed by atoms with Gasteiger partial charge in [0.2, 0.25) is 23.6 Å². The zero-order valence-corrected chi connectivity index (χ0v) is 22.1. The Morgan fingerprint density at radius 3 is 2.27 bits per heavy atom. The van der Waals surface area contributed by atoms with Gasteiger partial charge in [-0.05, 0) is 24.0 Å². The lowest BCUT2D eigenvalue weighted by Crippen LogP contribution is -2.59. The highest BCUT2D eigenvalue weighted by Crippen LogP contribution is 2.19. The number of carbonyl (C=O) groups excluding carboxylic acids is 4. The zero-order chi connectivity index (χ0) is 29.4. The second-order valence-corrected chi connectivity index (χ2v) is 9.81. The molecule has 14 nitrogen and oxygen atoms in total. The number of hydrogen-bond donors (Lipinski definition) is 8. The van der Waals surface area contributed by atoms with Crippen molar-refractivity contribution < 1.29 is 29.1 Å². The van der Waals surface area contributed by atoms with Crippen molar-refractivity contribution in [3.05, 3.63) is 54.2 Å². The maximum atomic E-state index is 13.4. The molecule has 0 saturated carbocycles. The zero-order valence-electron chi connectivity index (χ0n) is 22.1. The molecule has 4 amide bonds. The van der Waals surface area contributed by atoms with Gasteiger partial charge in [0.15, 0.2) is 0 Å². The fraction of sp³-hybridized carbons (Fsp3) is 0.385. The van der Waals surface area contributed by atoms with Crippen LogP contribution in [0.5, 0.6) is 0 Å². The number of aromatic amines is 2. The van der Waals surface area contributed by atoms with Crippen LogP contribution in [0.4, 0.5) is 0 Å². The topological polar surface area (TPSA) is 238 Å². The highest BCUT2D eigenvalue weighted by Gasteiger charge is 2.32. The van der Waals surface area contributed by atoms with Crippen LogP contribution in [-0.2, 0) is 36.8 Å². The number of fused-ring (bicyclic) bond motifs is 1. The maximum Gasteiger partial charge on any atom is 0.326 e. The van der Waals surface area contributed by atoms with Gasteiger partial charge in [0.05, 0.1) is 18.8 Å². The van der Waals surface area contributed by atoms with Crippen molar-refractivity contribution in [1.29, 1.82) is 0 Å². The van der Waals surface area contributed by atoms with E-state index >= 15 is 0 Å². The largest absolute Gasteiger partial charge is 0.480 e. The number of amides is 4. The fourth-order valence-corrected chi connectivity index (χ4v) is 4.19. The van der Waals surface area contributed by atoms with Gasteiger partial charge in [0.1, 0.15) is 18.1 Å². The molecule has 4 unspecified atom stereocenters. The number of benzene rings is 1. The Labute approximate surface area is 229 Å². The second kappa shape index (κ2) is 13.4. The molecule has 2 aromatic heterocycles. The molecule has 14 heteroatoms. The van der Waals surface area contributed by atoms with Gasteiger partial charge in [-0.25, -0.2) is 9.78 Å². The molecule has 0 saturated heterocycles. The average molecular weight is 555 g/mol. The molecular weight excluding hydrogens is 520 g/mol. The Morgan fingerprint density at radius 1 is 0.950 bits per heavy atom. The molecule has 40 heavy (non-hydrogen) atoms. The molecule has 3 aromatic rings. The van der Waals surface area contributed by atoms with E-state index in [1.807, 2.05) is 24.3 Å². The predicted molar refractivity (Wildman–Crippen MR) is 144 cm³/mol. The van der Waals surface area contributed by atoms with Gasteiger partial charge < -0.3 is 42.5 Å². The summed E-state index contributed by atoms with van der Waals surface area (Å²) < 4.78 is 0. The van der Waals surface area contributed by atoms with Gasteiger partial charge in [-0.3, -0.25) is 19.2 Å². The van der Waals surface area contributed by atoms with E-state index in [1.54, 1.807) is 20.0 Å².